The number of carbonyl (C=O) groups excluding carboxylic acids is 2. The van der Waals surface area contributed by atoms with Gasteiger partial charge in [-0.3, -0.25) is 9.59 Å². The molecule has 0 saturated carbocycles. The molecule has 1 aliphatic rings. The molecule has 0 unspecified atom stereocenters. The number of nitrogens with two attached hydrogens (primary N) is 1. The molecule has 1 aromatic carbocycles. The molecule has 4 N–H and O–H groups in total. The van der Waals surface area contributed by atoms with E-state index in [9.17, 15) is 18.0 Å². The molecule has 2 rings (SSSR count). The van der Waals surface area contributed by atoms with Crippen LogP contribution in [0.5, 0.6) is 0 Å². The number of sulfonamides is 1. The Morgan fingerprint density at radius 2 is 1.95 bits per heavy atom. The maximum Gasteiger partial charge on any atom is 0.238 e. The zero-order valence-corrected chi connectivity index (χ0v) is 11.4. The minimum Gasteiger partial charge on any atom is -0.355 e. The van der Waals surface area contributed by atoms with Crippen LogP contribution >= 0.6 is 0 Å². The topological polar surface area (TPSA) is 118 Å². The molecule has 1 saturated heterocycles. The van der Waals surface area contributed by atoms with Gasteiger partial charge in [0, 0.05) is 12.2 Å². The lowest BCUT2D eigenvalue weighted by atomic mass is 9.98. The smallest absolute Gasteiger partial charge is 0.238 e. The first-order valence-electron chi connectivity index (χ1n) is 6.09. The molecule has 1 heterocycles. The van der Waals surface area contributed by atoms with Crippen molar-refractivity contribution < 1.29 is 18.0 Å². The van der Waals surface area contributed by atoms with Gasteiger partial charge < -0.3 is 10.6 Å². The second-order valence-electron chi connectivity index (χ2n) is 4.54. The molecule has 0 radical (unpaired) electrons. The molecule has 0 aromatic heterocycles. The number of rotatable bonds is 3. The number of carbonyl (C=O) groups is 2. The lowest BCUT2D eigenvalue weighted by Gasteiger charge is -2.21. The van der Waals surface area contributed by atoms with Crippen molar-refractivity contribution in [3.8, 4) is 0 Å². The average molecular weight is 297 g/mol. The highest BCUT2D eigenvalue weighted by Gasteiger charge is 2.28. The van der Waals surface area contributed by atoms with Crippen LogP contribution in [0.3, 0.4) is 0 Å². The molecule has 1 atom stereocenters. The van der Waals surface area contributed by atoms with Crippen LogP contribution < -0.4 is 15.8 Å². The Morgan fingerprint density at radius 3 is 2.50 bits per heavy atom. The normalized spacial score (nSPS) is 19.2. The lowest BCUT2D eigenvalue weighted by Crippen LogP contribution is -2.42. The maximum absolute atomic E-state index is 11.9. The van der Waals surface area contributed by atoms with E-state index in [1.165, 1.54) is 24.3 Å². The van der Waals surface area contributed by atoms with E-state index in [4.69, 9.17) is 5.14 Å². The van der Waals surface area contributed by atoms with Gasteiger partial charge in [-0.25, -0.2) is 13.6 Å². The predicted octanol–water partition coefficient (Wildman–Crippen LogP) is -0.201. The van der Waals surface area contributed by atoms with Gasteiger partial charge in [-0.1, -0.05) is 0 Å². The Kier molecular flexibility index (Phi) is 4.05. The molecule has 2 amide bonds. The fraction of sp³-hybridized carbons (Fsp3) is 0.333. The molecule has 0 bridgehead atoms. The fourth-order valence-corrected chi connectivity index (χ4v) is 2.49. The van der Waals surface area contributed by atoms with Crippen molar-refractivity contribution in [1.82, 2.24) is 5.32 Å². The van der Waals surface area contributed by atoms with Gasteiger partial charge in [-0.15, -0.1) is 0 Å². The highest BCUT2D eigenvalue weighted by Crippen LogP contribution is 2.17. The molecule has 1 aliphatic heterocycles. The van der Waals surface area contributed by atoms with Gasteiger partial charge in [-0.05, 0) is 37.1 Å². The maximum atomic E-state index is 11.9. The summed E-state index contributed by atoms with van der Waals surface area (Å²) >= 11 is 0. The summed E-state index contributed by atoms with van der Waals surface area (Å²) in [4.78, 5) is 23.5. The van der Waals surface area contributed by atoms with E-state index in [0.29, 0.717) is 18.7 Å². The van der Waals surface area contributed by atoms with Crippen molar-refractivity contribution in [2.45, 2.75) is 17.7 Å². The van der Waals surface area contributed by atoms with Crippen molar-refractivity contribution in [2.75, 3.05) is 11.9 Å². The van der Waals surface area contributed by atoms with E-state index in [1.807, 2.05) is 0 Å². The quantitative estimate of drug-likeness (QED) is 0.669. The van der Waals surface area contributed by atoms with Gasteiger partial charge in [0.25, 0.3) is 0 Å². The molecular weight excluding hydrogens is 282 g/mol. The number of amides is 2. The highest BCUT2D eigenvalue weighted by atomic mass is 32.2. The molecule has 7 nitrogen and oxygen atoms in total. The predicted molar refractivity (Wildman–Crippen MR) is 72.2 cm³/mol. The van der Waals surface area contributed by atoms with Crippen LogP contribution in [-0.2, 0) is 19.6 Å². The van der Waals surface area contributed by atoms with Crippen LogP contribution in [0.1, 0.15) is 12.8 Å². The van der Waals surface area contributed by atoms with Gasteiger partial charge in [0.1, 0.15) is 5.92 Å². The summed E-state index contributed by atoms with van der Waals surface area (Å²) in [5.41, 5.74) is 0.417. The number of primary sulfonamides is 1. The van der Waals surface area contributed by atoms with Gasteiger partial charge in [0.15, 0.2) is 0 Å². The molecule has 1 fully saturated rings. The number of hydrogen-bond donors (Lipinski definition) is 3. The van der Waals surface area contributed by atoms with E-state index in [-0.39, 0.29) is 10.8 Å². The first kappa shape index (κ1) is 14.5. The van der Waals surface area contributed by atoms with Crippen LogP contribution in [0.15, 0.2) is 29.2 Å². The second-order valence-corrected chi connectivity index (χ2v) is 6.11. The Hall–Kier alpha value is -1.93. The lowest BCUT2D eigenvalue weighted by molar-refractivity contribution is -0.134. The summed E-state index contributed by atoms with van der Waals surface area (Å²) in [6, 6.07) is 5.45. The van der Waals surface area contributed by atoms with Gasteiger partial charge in [-0.2, -0.15) is 0 Å². The van der Waals surface area contributed by atoms with Crippen molar-refractivity contribution in [2.24, 2.45) is 11.1 Å². The Morgan fingerprint density at radius 1 is 1.30 bits per heavy atom. The number of nitrogens with one attached hydrogen (secondary N) is 2. The summed E-state index contributed by atoms with van der Waals surface area (Å²) in [5.74, 6) is -1.39. The Labute approximate surface area is 116 Å². The van der Waals surface area contributed by atoms with Crippen LogP contribution in [0.2, 0.25) is 0 Å². The largest absolute Gasteiger partial charge is 0.355 e. The molecule has 20 heavy (non-hydrogen) atoms. The van der Waals surface area contributed by atoms with Gasteiger partial charge in [0.05, 0.1) is 4.90 Å². The molecule has 0 spiro atoms. The second kappa shape index (κ2) is 5.59. The molecule has 8 heteroatoms. The van der Waals surface area contributed by atoms with E-state index >= 15 is 0 Å². The van der Waals surface area contributed by atoms with Crippen LogP contribution in [0.25, 0.3) is 0 Å². The summed E-state index contributed by atoms with van der Waals surface area (Å²) in [6.07, 6.45) is 1.26. The fourth-order valence-electron chi connectivity index (χ4n) is 1.98. The van der Waals surface area contributed by atoms with Crippen LogP contribution in [-0.4, -0.2) is 26.8 Å². The van der Waals surface area contributed by atoms with E-state index in [0.717, 1.165) is 6.42 Å². The minimum absolute atomic E-state index is 0.0362. The Bertz CT molecular complexity index is 625. The van der Waals surface area contributed by atoms with Crippen molar-refractivity contribution in [1.29, 1.82) is 0 Å². The zero-order valence-electron chi connectivity index (χ0n) is 10.6. The summed E-state index contributed by atoms with van der Waals surface area (Å²) in [6.45, 7) is 0.589. The van der Waals surface area contributed by atoms with Crippen molar-refractivity contribution in [3.63, 3.8) is 0 Å². The monoisotopic (exact) mass is 297 g/mol. The third-order valence-electron chi connectivity index (χ3n) is 3.05. The van der Waals surface area contributed by atoms with Crippen molar-refractivity contribution in [3.05, 3.63) is 24.3 Å². The summed E-state index contributed by atoms with van der Waals surface area (Å²) < 4.78 is 22.2. The minimum atomic E-state index is -3.75. The highest BCUT2D eigenvalue weighted by molar-refractivity contribution is 7.89. The Balaban J connectivity index is 2.06. The molecular formula is C12H15N3O4S. The van der Waals surface area contributed by atoms with Crippen LogP contribution in [0, 0.1) is 5.92 Å². The first-order chi connectivity index (χ1) is 9.38. The third kappa shape index (κ3) is 3.34. The summed E-state index contributed by atoms with van der Waals surface area (Å²) in [7, 11) is -3.75. The van der Waals surface area contributed by atoms with E-state index in [1.54, 1.807) is 0 Å². The number of anilines is 1. The van der Waals surface area contributed by atoms with Crippen molar-refractivity contribution >= 4 is 27.5 Å². The SMILES string of the molecule is NS(=O)(=O)c1ccc(NC(=O)[C@H]2CCCNC2=O)cc1. The molecule has 108 valence electrons. The average Bonchev–Trinajstić information content (AvgIpc) is 2.38. The van der Waals surface area contributed by atoms with E-state index in [2.05, 4.69) is 10.6 Å². The van der Waals surface area contributed by atoms with Crippen LogP contribution in [0.4, 0.5) is 5.69 Å². The van der Waals surface area contributed by atoms with Gasteiger partial charge in [0.2, 0.25) is 21.8 Å². The molecule has 1 aromatic rings. The molecule has 0 aliphatic carbocycles. The summed E-state index contributed by atoms with van der Waals surface area (Å²) in [5, 5.41) is 10.2. The number of hydrogen-bond acceptors (Lipinski definition) is 4. The van der Waals surface area contributed by atoms with E-state index < -0.39 is 21.8 Å². The standard InChI is InChI=1S/C12H15N3O4S/c13-20(18,19)9-5-3-8(4-6-9)15-12(17)10-2-1-7-14-11(10)16/h3-6,10H,1-2,7H2,(H,14,16)(H,15,17)(H2,13,18,19)/t10-/m0/s1. The first-order valence-corrected chi connectivity index (χ1v) is 7.64. The number of benzene rings is 1. The zero-order chi connectivity index (χ0) is 14.8. The number of piperidine rings is 1. The third-order valence-corrected chi connectivity index (χ3v) is 3.98. The van der Waals surface area contributed by atoms with Gasteiger partial charge >= 0.3 is 0 Å².